The van der Waals surface area contributed by atoms with Gasteiger partial charge in [0.1, 0.15) is 0 Å². The first-order chi connectivity index (χ1) is 14.9. The van der Waals surface area contributed by atoms with Crippen LogP contribution in [0.5, 0.6) is 0 Å². The summed E-state index contributed by atoms with van der Waals surface area (Å²) < 4.78 is 40.1. The molecule has 6 nitrogen and oxygen atoms in total. The largest absolute Gasteiger partial charge is 0.416 e. The van der Waals surface area contributed by atoms with Crippen molar-refractivity contribution in [1.82, 2.24) is 24.8 Å². The summed E-state index contributed by atoms with van der Waals surface area (Å²) in [5, 5.41) is 2.90. The molecule has 1 aliphatic rings. The van der Waals surface area contributed by atoms with Crippen LogP contribution in [0.2, 0.25) is 0 Å². The Balaban J connectivity index is 1.29. The van der Waals surface area contributed by atoms with Crippen LogP contribution in [0.25, 0.3) is 0 Å². The van der Waals surface area contributed by atoms with Crippen LogP contribution in [-0.2, 0) is 32.4 Å². The van der Waals surface area contributed by atoms with Gasteiger partial charge >= 0.3 is 6.18 Å². The molecule has 31 heavy (non-hydrogen) atoms. The second-order valence-corrected chi connectivity index (χ2v) is 7.58. The van der Waals surface area contributed by atoms with E-state index >= 15 is 0 Å². The van der Waals surface area contributed by atoms with E-state index in [0.717, 1.165) is 41.9 Å². The van der Waals surface area contributed by atoms with Gasteiger partial charge in [0.25, 0.3) is 5.91 Å². The maximum atomic E-state index is 12.7. The molecule has 1 amide bonds. The number of carbonyl (C=O) groups is 1. The maximum Gasteiger partial charge on any atom is 0.416 e. The molecule has 0 fully saturated rings. The van der Waals surface area contributed by atoms with Crippen LogP contribution < -0.4 is 5.32 Å². The molecule has 4 rings (SSSR count). The van der Waals surface area contributed by atoms with Crippen molar-refractivity contribution in [3.8, 4) is 0 Å². The number of pyridine rings is 1. The summed E-state index contributed by atoms with van der Waals surface area (Å²) >= 11 is 0. The van der Waals surface area contributed by atoms with E-state index in [1.54, 1.807) is 18.7 Å². The maximum absolute atomic E-state index is 12.7. The number of fused-ring (bicyclic) bond motifs is 1. The molecule has 0 saturated carbocycles. The first kappa shape index (κ1) is 21.0. The molecule has 0 spiro atoms. The fourth-order valence-corrected chi connectivity index (χ4v) is 3.60. The Kier molecular flexibility index (Phi) is 6.03. The molecule has 9 heteroatoms. The number of hydrogen-bond donors (Lipinski definition) is 1. The first-order valence-electron chi connectivity index (χ1n) is 9.99. The molecule has 0 atom stereocenters. The predicted molar refractivity (Wildman–Crippen MR) is 108 cm³/mol. The van der Waals surface area contributed by atoms with E-state index in [1.807, 2.05) is 16.8 Å². The Bertz CT molecular complexity index is 1030. The van der Waals surface area contributed by atoms with Gasteiger partial charge in [-0.15, -0.1) is 0 Å². The van der Waals surface area contributed by atoms with Crippen molar-refractivity contribution in [3.05, 3.63) is 83.2 Å². The van der Waals surface area contributed by atoms with E-state index in [0.29, 0.717) is 31.7 Å². The topological polar surface area (TPSA) is 63.1 Å². The molecular formula is C22H22F3N5O. The number of nitrogens with one attached hydrogen (secondary N) is 1. The SMILES string of the molecule is O=C(NCCCn1ccnc1)c1cnc2c(c1)CN(Cc1ccc(C(F)(F)F)cc1)C2. The number of halogens is 3. The lowest BCUT2D eigenvalue weighted by atomic mass is 10.1. The van der Waals surface area contributed by atoms with Crippen LogP contribution >= 0.6 is 0 Å². The van der Waals surface area contributed by atoms with E-state index in [4.69, 9.17) is 0 Å². The van der Waals surface area contributed by atoms with Gasteiger partial charge in [-0.05, 0) is 35.7 Å². The fourth-order valence-electron chi connectivity index (χ4n) is 3.60. The minimum absolute atomic E-state index is 0.165. The van der Waals surface area contributed by atoms with Crippen molar-refractivity contribution in [3.63, 3.8) is 0 Å². The molecule has 1 aromatic carbocycles. The number of imidazole rings is 1. The zero-order valence-corrected chi connectivity index (χ0v) is 16.8. The van der Waals surface area contributed by atoms with Crippen LogP contribution in [-0.4, -0.2) is 31.9 Å². The molecule has 2 aromatic heterocycles. The van der Waals surface area contributed by atoms with Gasteiger partial charge in [0.2, 0.25) is 0 Å². The Morgan fingerprint density at radius 3 is 2.68 bits per heavy atom. The van der Waals surface area contributed by atoms with Crippen molar-refractivity contribution in [2.75, 3.05) is 6.54 Å². The minimum atomic E-state index is -4.33. The van der Waals surface area contributed by atoms with Crippen molar-refractivity contribution < 1.29 is 18.0 Å². The third-order valence-electron chi connectivity index (χ3n) is 5.21. The van der Waals surface area contributed by atoms with Crippen LogP contribution in [0.3, 0.4) is 0 Å². The van der Waals surface area contributed by atoms with Crippen LogP contribution in [0.15, 0.2) is 55.2 Å². The van der Waals surface area contributed by atoms with Gasteiger partial charge in [-0.1, -0.05) is 12.1 Å². The lowest BCUT2D eigenvalue weighted by molar-refractivity contribution is -0.137. The standard InChI is InChI=1S/C22H22F3N5O/c23-22(24,25)19-4-2-16(3-5-19)12-30-13-18-10-17(11-28-20(18)14-30)21(31)27-6-1-8-29-9-7-26-15-29/h2-5,7,9-11,15H,1,6,8,12-14H2,(H,27,31). The van der Waals surface area contributed by atoms with E-state index < -0.39 is 11.7 Å². The average molecular weight is 429 g/mol. The number of aromatic nitrogens is 3. The highest BCUT2D eigenvalue weighted by molar-refractivity contribution is 5.94. The van der Waals surface area contributed by atoms with Crippen molar-refractivity contribution >= 4 is 5.91 Å². The number of nitrogens with zero attached hydrogens (tertiary/aromatic N) is 4. The quantitative estimate of drug-likeness (QED) is 0.583. The molecule has 1 N–H and O–H groups in total. The number of carbonyl (C=O) groups excluding carboxylic acids is 1. The Morgan fingerprint density at radius 1 is 1.16 bits per heavy atom. The minimum Gasteiger partial charge on any atom is -0.352 e. The van der Waals surface area contributed by atoms with E-state index in [2.05, 4.69) is 20.2 Å². The zero-order chi connectivity index (χ0) is 21.8. The van der Waals surface area contributed by atoms with Crippen LogP contribution in [0.4, 0.5) is 13.2 Å². The fraction of sp³-hybridized carbons (Fsp3) is 0.318. The average Bonchev–Trinajstić information content (AvgIpc) is 3.39. The third-order valence-corrected chi connectivity index (χ3v) is 5.21. The summed E-state index contributed by atoms with van der Waals surface area (Å²) in [6.45, 7) is 3.05. The molecule has 162 valence electrons. The highest BCUT2D eigenvalue weighted by Crippen LogP contribution is 2.30. The molecule has 0 radical (unpaired) electrons. The second-order valence-electron chi connectivity index (χ2n) is 7.58. The second kappa shape index (κ2) is 8.89. The molecule has 1 aliphatic heterocycles. The smallest absolute Gasteiger partial charge is 0.352 e. The normalized spacial score (nSPS) is 13.9. The molecule has 0 unspecified atom stereocenters. The lowest BCUT2D eigenvalue weighted by Crippen LogP contribution is -2.25. The van der Waals surface area contributed by atoms with Gasteiger partial charge in [0.15, 0.2) is 0 Å². The third kappa shape index (κ3) is 5.29. The predicted octanol–water partition coefficient (Wildman–Crippen LogP) is 3.63. The van der Waals surface area contributed by atoms with Crippen molar-refractivity contribution in [2.24, 2.45) is 0 Å². The van der Waals surface area contributed by atoms with Gasteiger partial charge in [-0.2, -0.15) is 13.2 Å². The molecular weight excluding hydrogens is 407 g/mol. The number of rotatable bonds is 7. The summed E-state index contributed by atoms with van der Waals surface area (Å²) in [6.07, 6.45) is 3.37. The highest BCUT2D eigenvalue weighted by Gasteiger charge is 2.30. The molecule has 3 aromatic rings. The number of amides is 1. The van der Waals surface area contributed by atoms with E-state index in [-0.39, 0.29) is 5.91 Å². The lowest BCUT2D eigenvalue weighted by Gasteiger charge is -2.15. The van der Waals surface area contributed by atoms with Gasteiger partial charge in [-0.3, -0.25) is 14.7 Å². The molecule has 0 saturated heterocycles. The van der Waals surface area contributed by atoms with Gasteiger partial charge in [-0.25, -0.2) is 4.98 Å². The zero-order valence-electron chi connectivity index (χ0n) is 16.8. The molecule has 0 aliphatic carbocycles. The summed E-state index contributed by atoms with van der Waals surface area (Å²) in [5.41, 5.74) is 2.53. The first-order valence-corrected chi connectivity index (χ1v) is 9.99. The Morgan fingerprint density at radius 2 is 1.97 bits per heavy atom. The number of hydrogen-bond acceptors (Lipinski definition) is 4. The van der Waals surface area contributed by atoms with Gasteiger partial charge < -0.3 is 9.88 Å². The Labute approximate surface area is 177 Å². The summed E-state index contributed by atoms with van der Waals surface area (Å²) in [7, 11) is 0. The van der Waals surface area contributed by atoms with Gasteiger partial charge in [0.05, 0.1) is 23.1 Å². The number of alkyl halides is 3. The monoisotopic (exact) mass is 429 g/mol. The van der Waals surface area contributed by atoms with Crippen LogP contribution in [0, 0.1) is 0 Å². The van der Waals surface area contributed by atoms with E-state index in [1.165, 1.54) is 12.1 Å². The highest BCUT2D eigenvalue weighted by atomic mass is 19.4. The van der Waals surface area contributed by atoms with Crippen molar-refractivity contribution in [2.45, 2.75) is 38.8 Å². The molecule has 0 bridgehead atoms. The Hall–Kier alpha value is -3.20. The molecule has 3 heterocycles. The number of aryl methyl sites for hydroxylation is 1. The van der Waals surface area contributed by atoms with E-state index in [9.17, 15) is 18.0 Å². The van der Waals surface area contributed by atoms with Crippen molar-refractivity contribution in [1.29, 1.82) is 0 Å². The summed E-state index contributed by atoms with van der Waals surface area (Å²) in [5.74, 6) is -0.165. The van der Waals surface area contributed by atoms with Gasteiger partial charge in [0, 0.05) is 51.3 Å². The summed E-state index contributed by atoms with van der Waals surface area (Å²) in [6, 6.07) is 7.06. The summed E-state index contributed by atoms with van der Waals surface area (Å²) in [4.78, 5) is 22.9. The number of benzene rings is 1. The van der Waals surface area contributed by atoms with Crippen LogP contribution in [0.1, 0.15) is 39.2 Å².